The second kappa shape index (κ2) is 18.2. The number of nitrogens with two attached hydrogens (primary N) is 2. The fourth-order valence-electron chi connectivity index (χ4n) is 4.06. The van der Waals surface area contributed by atoms with Gasteiger partial charge in [-0.2, -0.15) is 25.3 Å². The van der Waals surface area contributed by atoms with E-state index in [4.69, 9.17) is 21.4 Å². The second-order valence-corrected chi connectivity index (χ2v) is 15.3. The predicted octanol–water partition coefficient (Wildman–Crippen LogP) is 4.24. The summed E-state index contributed by atoms with van der Waals surface area (Å²) < 4.78 is 0. The van der Waals surface area contributed by atoms with Crippen molar-refractivity contribution in [3.63, 3.8) is 0 Å². The minimum absolute atomic E-state index is 0.161. The molecular weight excluding hydrogens is 701 g/mol. The van der Waals surface area contributed by atoms with Gasteiger partial charge in [-0.05, 0) is 45.9 Å². The summed E-state index contributed by atoms with van der Waals surface area (Å²) in [5.74, 6) is 0.942. The van der Waals surface area contributed by atoms with Crippen molar-refractivity contribution in [3.05, 3.63) is 71.8 Å². The van der Waals surface area contributed by atoms with Gasteiger partial charge in [0, 0.05) is 46.9 Å². The third kappa shape index (κ3) is 9.79. The first kappa shape index (κ1) is 36.4. The molecule has 2 atom stereocenters. The number of fused-ring (bicyclic) bond motifs is 2. The van der Waals surface area contributed by atoms with Crippen LogP contribution in [0.15, 0.2) is 60.7 Å². The lowest BCUT2D eigenvalue weighted by Gasteiger charge is -2.13. The molecule has 0 radical (unpaired) electrons. The number of amides is 2. The van der Waals surface area contributed by atoms with Crippen LogP contribution in [0.4, 0.5) is 0 Å². The standard InChI is InChI=1S/C30H32N6O4S6/c31-21(15-41)29(39)45-43-11-9-33-27(37)19-13-25(35-23-7-3-1-5-17(19)23)26-14-20(18-6-2-4-8-24(18)36-26)28(38)34-10-12-44-46-30(40)22(32)16-42/h1-8,13-14,21-22,41-42H,9-12,15-16,31-32H2,(H,33,37)(H,34,38)/t21-,22-/m0/s1. The van der Waals surface area contributed by atoms with Gasteiger partial charge in [0.2, 0.25) is 10.2 Å². The third-order valence-corrected chi connectivity index (χ3v) is 11.8. The molecular formula is C30H32N6O4S6. The fraction of sp³-hybridized carbons (Fsp3) is 0.267. The maximum absolute atomic E-state index is 13.4. The lowest BCUT2D eigenvalue weighted by molar-refractivity contribution is -0.112. The number of aromatic nitrogens is 2. The van der Waals surface area contributed by atoms with Gasteiger partial charge in [0.1, 0.15) is 0 Å². The Morgan fingerprint density at radius 1 is 0.674 bits per heavy atom. The van der Waals surface area contributed by atoms with Crippen LogP contribution in [0.5, 0.6) is 0 Å². The first-order valence-corrected chi connectivity index (χ1v) is 19.9. The van der Waals surface area contributed by atoms with Gasteiger partial charge >= 0.3 is 0 Å². The molecule has 2 aromatic carbocycles. The van der Waals surface area contributed by atoms with Crippen molar-refractivity contribution in [3.8, 4) is 11.4 Å². The minimum Gasteiger partial charge on any atom is -0.351 e. The molecule has 0 fully saturated rings. The van der Waals surface area contributed by atoms with Crippen LogP contribution in [-0.2, 0) is 9.59 Å². The van der Waals surface area contributed by atoms with Crippen LogP contribution in [0.1, 0.15) is 20.7 Å². The summed E-state index contributed by atoms with van der Waals surface area (Å²) in [7, 11) is 4.74. The molecule has 4 aromatic rings. The van der Waals surface area contributed by atoms with Crippen LogP contribution < -0.4 is 22.1 Å². The number of para-hydroxylation sites is 2. The molecule has 0 spiro atoms. The number of pyridine rings is 2. The summed E-state index contributed by atoms with van der Waals surface area (Å²) in [6.07, 6.45) is 0. The largest absolute Gasteiger partial charge is 0.351 e. The summed E-state index contributed by atoms with van der Waals surface area (Å²) in [6, 6.07) is 16.7. The maximum Gasteiger partial charge on any atom is 0.252 e. The second-order valence-electron chi connectivity index (χ2n) is 9.68. The molecule has 242 valence electrons. The SMILES string of the molecule is N[C@@H](CS)C(=O)SSCCNC(=O)c1cc(-c2cc(C(=O)NCCSSC(=O)[C@@H](N)CS)c3ccccc3n2)nc2ccccc12. The van der Waals surface area contributed by atoms with Crippen LogP contribution in [0, 0.1) is 0 Å². The van der Waals surface area contributed by atoms with Gasteiger partial charge in [0.25, 0.3) is 11.8 Å². The number of hydrogen-bond acceptors (Lipinski definition) is 14. The van der Waals surface area contributed by atoms with Crippen LogP contribution >= 0.6 is 68.4 Å². The zero-order valence-electron chi connectivity index (χ0n) is 24.4. The molecule has 0 aliphatic rings. The Bertz CT molecular complexity index is 1600. The van der Waals surface area contributed by atoms with E-state index in [0.29, 0.717) is 68.9 Å². The van der Waals surface area contributed by atoms with E-state index in [0.717, 1.165) is 21.6 Å². The highest BCUT2D eigenvalue weighted by Crippen LogP contribution is 2.28. The van der Waals surface area contributed by atoms with Crippen LogP contribution in [0.25, 0.3) is 33.2 Å². The number of thiol groups is 2. The Morgan fingerprint density at radius 3 is 1.46 bits per heavy atom. The summed E-state index contributed by atoms with van der Waals surface area (Å²) in [5, 5.41) is 6.85. The number of rotatable bonds is 15. The molecule has 0 saturated carbocycles. The number of nitrogens with one attached hydrogen (secondary N) is 2. The van der Waals surface area contributed by atoms with Crippen molar-refractivity contribution in [1.82, 2.24) is 20.6 Å². The molecule has 0 aliphatic heterocycles. The van der Waals surface area contributed by atoms with Crippen LogP contribution in [-0.4, -0.2) is 80.2 Å². The zero-order valence-corrected chi connectivity index (χ0v) is 29.4. The van der Waals surface area contributed by atoms with Crippen LogP contribution in [0.3, 0.4) is 0 Å². The minimum atomic E-state index is -0.629. The Kier molecular flexibility index (Phi) is 14.4. The van der Waals surface area contributed by atoms with Crippen molar-refractivity contribution in [1.29, 1.82) is 0 Å². The molecule has 0 aliphatic carbocycles. The molecule has 0 bridgehead atoms. The van der Waals surface area contributed by atoms with Crippen molar-refractivity contribution in [2.24, 2.45) is 11.5 Å². The topological polar surface area (TPSA) is 170 Å². The average molecular weight is 733 g/mol. The number of carbonyl (C=O) groups is 4. The molecule has 2 amide bonds. The van der Waals surface area contributed by atoms with Crippen molar-refractivity contribution < 1.29 is 19.2 Å². The van der Waals surface area contributed by atoms with Gasteiger partial charge in [-0.3, -0.25) is 19.2 Å². The van der Waals surface area contributed by atoms with Crippen molar-refractivity contribution >= 4 is 112 Å². The highest BCUT2D eigenvalue weighted by Gasteiger charge is 2.19. The zero-order chi connectivity index (χ0) is 33.1. The molecule has 10 nitrogen and oxygen atoms in total. The van der Waals surface area contributed by atoms with E-state index in [1.807, 2.05) is 48.5 Å². The Balaban J connectivity index is 1.53. The smallest absolute Gasteiger partial charge is 0.252 e. The monoisotopic (exact) mass is 732 g/mol. The summed E-state index contributed by atoms with van der Waals surface area (Å²) in [4.78, 5) is 60.1. The molecule has 4 rings (SSSR count). The highest BCUT2D eigenvalue weighted by atomic mass is 33.1. The first-order chi connectivity index (χ1) is 22.2. The summed E-state index contributed by atoms with van der Waals surface area (Å²) in [5.41, 5.74) is 14.3. The molecule has 6 N–H and O–H groups in total. The van der Waals surface area contributed by atoms with Gasteiger partial charge < -0.3 is 22.1 Å². The number of carbonyl (C=O) groups excluding carboxylic acids is 4. The Hall–Kier alpha value is -2.44. The van der Waals surface area contributed by atoms with E-state index in [2.05, 4.69) is 35.9 Å². The lowest BCUT2D eigenvalue weighted by Crippen LogP contribution is -2.29. The fourth-order valence-corrected chi connectivity index (χ4v) is 8.26. The van der Waals surface area contributed by atoms with E-state index in [-0.39, 0.29) is 33.6 Å². The molecule has 2 aromatic heterocycles. The van der Waals surface area contributed by atoms with Gasteiger partial charge in [0.15, 0.2) is 0 Å². The van der Waals surface area contributed by atoms with Gasteiger partial charge in [-0.25, -0.2) is 9.97 Å². The summed E-state index contributed by atoms with van der Waals surface area (Å²) in [6.45, 7) is 0.661. The Labute approximate surface area is 293 Å². The molecule has 16 heteroatoms. The maximum atomic E-state index is 13.4. The van der Waals surface area contributed by atoms with Crippen molar-refractivity contribution in [2.45, 2.75) is 12.1 Å². The van der Waals surface area contributed by atoms with E-state index in [9.17, 15) is 19.2 Å². The average Bonchev–Trinajstić information content (AvgIpc) is 3.09. The normalized spacial score (nSPS) is 12.5. The quantitative estimate of drug-likeness (QED) is 0.0585. The predicted molar refractivity (Wildman–Crippen MR) is 201 cm³/mol. The van der Waals surface area contributed by atoms with E-state index >= 15 is 0 Å². The third-order valence-electron chi connectivity index (χ3n) is 6.41. The van der Waals surface area contributed by atoms with Gasteiger partial charge in [0.05, 0.1) is 45.6 Å². The number of nitrogens with zero attached hydrogens (tertiary/aromatic N) is 2. The number of hydrogen-bond donors (Lipinski definition) is 6. The molecule has 0 unspecified atom stereocenters. The van der Waals surface area contributed by atoms with E-state index in [1.165, 1.54) is 21.6 Å². The lowest BCUT2D eigenvalue weighted by atomic mass is 10.0. The molecule has 2 heterocycles. The molecule has 0 saturated heterocycles. The highest BCUT2D eigenvalue weighted by molar-refractivity contribution is 8.82. The van der Waals surface area contributed by atoms with Crippen LogP contribution in [0.2, 0.25) is 0 Å². The van der Waals surface area contributed by atoms with E-state index in [1.54, 1.807) is 12.1 Å². The first-order valence-electron chi connectivity index (χ1n) is 14.0. The molecule has 46 heavy (non-hydrogen) atoms. The summed E-state index contributed by atoms with van der Waals surface area (Å²) >= 11 is 8.09. The Morgan fingerprint density at radius 2 is 1.07 bits per heavy atom. The van der Waals surface area contributed by atoms with E-state index < -0.39 is 12.1 Å². The van der Waals surface area contributed by atoms with Gasteiger partial charge in [-0.15, -0.1) is 0 Å². The van der Waals surface area contributed by atoms with Gasteiger partial charge in [-0.1, -0.05) is 58.0 Å². The van der Waals surface area contributed by atoms with Crippen molar-refractivity contribution in [2.75, 3.05) is 36.1 Å². The number of benzene rings is 2.